The maximum Gasteiger partial charge on any atom is 0.261 e. The minimum Gasteiger partial charge on any atom is -0.385 e. The van der Waals surface area contributed by atoms with Gasteiger partial charge in [0.1, 0.15) is 0 Å². The largest absolute Gasteiger partial charge is 0.385 e. The van der Waals surface area contributed by atoms with Gasteiger partial charge in [0.2, 0.25) is 0 Å². The summed E-state index contributed by atoms with van der Waals surface area (Å²) in [6.07, 6.45) is 8.54. The number of carbonyl (C=O) groups excluding carboxylic acids is 2. The maximum atomic E-state index is 13.1. The molecule has 1 unspecified atom stereocenters. The zero-order valence-corrected chi connectivity index (χ0v) is 17.9. The minimum absolute atomic E-state index is 0.221. The van der Waals surface area contributed by atoms with E-state index in [1.54, 1.807) is 42.4 Å². The lowest BCUT2D eigenvalue weighted by Gasteiger charge is -2.24. The first-order valence-electron chi connectivity index (χ1n) is 10.7. The van der Waals surface area contributed by atoms with Crippen LogP contribution in [0.5, 0.6) is 0 Å². The van der Waals surface area contributed by atoms with Crippen molar-refractivity contribution >= 4 is 34.4 Å². The van der Waals surface area contributed by atoms with Crippen molar-refractivity contribution in [2.24, 2.45) is 4.99 Å². The summed E-state index contributed by atoms with van der Waals surface area (Å²) in [4.78, 5) is 37.2. The van der Waals surface area contributed by atoms with Crippen molar-refractivity contribution < 1.29 is 14.3 Å². The first-order valence-corrected chi connectivity index (χ1v) is 10.7. The summed E-state index contributed by atoms with van der Waals surface area (Å²) in [5.74, 6) is -0.964. The summed E-state index contributed by atoms with van der Waals surface area (Å²) in [5, 5.41) is 6.76. The molecule has 3 aromatic rings. The highest BCUT2D eigenvalue weighted by atomic mass is 16.5. The van der Waals surface area contributed by atoms with E-state index in [2.05, 4.69) is 31.4 Å². The van der Waals surface area contributed by atoms with Crippen molar-refractivity contribution in [3.63, 3.8) is 0 Å². The van der Waals surface area contributed by atoms with Crippen LogP contribution in [0.25, 0.3) is 11.2 Å². The normalized spacial score (nSPS) is 19.2. The fourth-order valence-corrected chi connectivity index (χ4v) is 4.85. The summed E-state index contributed by atoms with van der Waals surface area (Å²) in [6, 6.07) is 9.81. The number of hydrogen-bond donors (Lipinski definition) is 1. The Hall–Kier alpha value is -4.11. The van der Waals surface area contributed by atoms with Crippen molar-refractivity contribution in [3.8, 4) is 0 Å². The molecule has 1 N–H and O–H groups in total. The molecule has 0 spiro atoms. The number of aliphatic imine (C=N–C) groups is 1. The zero-order chi connectivity index (χ0) is 22.5. The van der Waals surface area contributed by atoms with E-state index < -0.39 is 11.8 Å². The Morgan fingerprint density at radius 2 is 2.03 bits per heavy atom. The molecule has 2 amide bonds. The van der Waals surface area contributed by atoms with Crippen molar-refractivity contribution in [3.05, 3.63) is 77.5 Å². The van der Waals surface area contributed by atoms with Crippen LogP contribution in [0.4, 0.5) is 5.69 Å². The van der Waals surface area contributed by atoms with E-state index >= 15 is 0 Å². The molecule has 1 aromatic carbocycles. The monoisotopic (exact) mass is 440 g/mol. The second kappa shape index (κ2) is 7.49. The SMILES string of the molecule is COCCC1Cc2cccc3c2N1C=CN=C3C1=C(c2cnc3cccnn23)C(=O)NC1=O. The highest BCUT2D eigenvalue weighted by Gasteiger charge is 2.39. The van der Waals surface area contributed by atoms with Gasteiger partial charge in [0, 0.05) is 43.9 Å². The van der Waals surface area contributed by atoms with Crippen LogP contribution in [0.2, 0.25) is 0 Å². The summed E-state index contributed by atoms with van der Waals surface area (Å²) in [7, 11) is 1.70. The molecule has 2 aromatic heterocycles. The lowest BCUT2D eigenvalue weighted by molar-refractivity contribution is -0.123. The lowest BCUT2D eigenvalue weighted by atomic mass is 9.94. The van der Waals surface area contributed by atoms with Crippen LogP contribution in [-0.2, 0) is 20.7 Å². The van der Waals surface area contributed by atoms with Gasteiger partial charge >= 0.3 is 0 Å². The Morgan fingerprint density at radius 1 is 1.15 bits per heavy atom. The molecule has 0 saturated heterocycles. The van der Waals surface area contributed by atoms with Crippen molar-refractivity contribution in [1.29, 1.82) is 0 Å². The standard InChI is InChI=1S/C24H20N6O3/c1-33-11-7-15-12-14-4-2-5-16-21(25-9-10-29(15)22(14)16)20-19(23(31)28-24(20)32)17-13-26-18-6-3-8-27-30(17)18/h2-6,8-10,13,15H,7,11-12H2,1H3,(H,28,31,32). The van der Waals surface area contributed by atoms with Crippen LogP contribution in [0, 0.1) is 0 Å². The number of ether oxygens (including phenoxy) is 1. The maximum absolute atomic E-state index is 13.1. The second-order valence-electron chi connectivity index (χ2n) is 8.11. The first-order chi connectivity index (χ1) is 16.2. The molecule has 3 aliphatic heterocycles. The summed E-state index contributed by atoms with van der Waals surface area (Å²) >= 11 is 0. The molecule has 9 nitrogen and oxygen atoms in total. The highest BCUT2D eigenvalue weighted by Crippen LogP contribution is 2.40. The molecule has 9 heteroatoms. The minimum atomic E-state index is -0.485. The van der Waals surface area contributed by atoms with Crippen molar-refractivity contribution in [2.75, 3.05) is 18.6 Å². The quantitative estimate of drug-likeness (QED) is 0.608. The Labute approximate surface area is 189 Å². The Kier molecular flexibility index (Phi) is 4.44. The van der Waals surface area contributed by atoms with Crippen molar-refractivity contribution in [2.45, 2.75) is 18.9 Å². The number of imidazole rings is 1. The van der Waals surface area contributed by atoms with Gasteiger partial charge in [-0.1, -0.05) is 18.2 Å². The Morgan fingerprint density at radius 3 is 2.91 bits per heavy atom. The molecule has 0 bridgehead atoms. The van der Waals surface area contributed by atoms with Crippen molar-refractivity contribution in [1.82, 2.24) is 19.9 Å². The van der Waals surface area contributed by atoms with Crippen LogP contribution in [-0.4, -0.2) is 51.9 Å². The van der Waals surface area contributed by atoms with Crippen LogP contribution in [0.1, 0.15) is 23.2 Å². The third-order valence-corrected chi connectivity index (χ3v) is 6.27. The number of benzene rings is 1. The lowest BCUT2D eigenvalue weighted by Crippen LogP contribution is -2.28. The number of hydrogen-bond acceptors (Lipinski definition) is 7. The number of nitrogens with zero attached hydrogens (tertiary/aromatic N) is 5. The van der Waals surface area contributed by atoms with E-state index in [-0.39, 0.29) is 17.2 Å². The first kappa shape index (κ1) is 19.6. The van der Waals surface area contributed by atoms with Crippen LogP contribution < -0.4 is 10.2 Å². The predicted octanol–water partition coefficient (Wildman–Crippen LogP) is 1.88. The van der Waals surface area contributed by atoms with Gasteiger partial charge in [-0.05, 0) is 30.5 Å². The Bertz CT molecular complexity index is 1420. The predicted molar refractivity (Wildman–Crippen MR) is 122 cm³/mol. The highest BCUT2D eigenvalue weighted by molar-refractivity contribution is 6.47. The smallest absolute Gasteiger partial charge is 0.261 e. The molecule has 33 heavy (non-hydrogen) atoms. The average Bonchev–Trinajstić information content (AvgIpc) is 3.43. The van der Waals surface area contributed by atoms with Crippen LogP contribution >= 0.6 is 0 Å². The topological polar surface area (TPSA) is 101 Å². The van der Waals surface area contributed by atoms with Gasteiger partial charge < -0.3 is 9.64 Å². The van der Waals surface area contributed by atoms with Gasteiger partial charge in [-0.15, -0.1) is 0 Å². The average molecular weight is 440 g/mol. The number of aromatic nitrogens is 3. The zero-order valence-electron chi connectivity index (χ0n) is 17.9. The molecule has 5 heterocycles. The molecule has 6 rings (SSSR count). The van der Waals surface area contributed by atoms with Crippen LogP contribution in [0.15, 0.2) is 65.7 Å². The molecular weight excluding hydrogens is 420 g/mol. The van der Waals surface area contributed by atoms with Gasteiger partial charge in [0.05, 0.1) is 34.4 Å². The molecule has 3 aliphatic rings. The van der Waals surface area contributed by atoms with Gasteiger partial charge in [-0.3, -0.25) is 19.9 Å². The van der Waals surface area contributed by atoms with E-state index in [0.29, 0.717) is 23.7 Å². The van der Waals surface area contributed by atoms with Gasteiger partial charge in [0.25, 0.3) is 11.8 Å². The van der Waals surface area contributed by atoms with E-state index in [4.69, 9.17) is 4.74 Å². The fraction of sp³-hybridized carbons (Fsp3) is 0.208. The summed E-state index contributed by atoms with van der Waals surface area (Å²) in [5.41, 5.74) is 4.95. The molecule has 164 valence electrons. The third-order valence-electron chi connectivity index (χ3n) is 6.27. The molecular formula is C24H20N6O3. The van der Waals surface area contributed by atoms with E-state index in [1.807, 2.05) is 18.3 Å². The number of rotatable bonds is 5. The third kappa shape index (κ3) is 2.93. The fourth-order valence-electron chi connectivity index (χ4n) is 4.85. The number of carbonyl (C=O) groups is 2. The number of amides is 2. The molecule has 0 fully saturated rings. The van der Waals surface area contributed by atoms with Gasteiger partial charge in [-0.25, -0.2) is 9.50 Å². The van der Waals surface area contributed by atoms with Gasteiger partial charge in [-0.2, -0.15) is 5.10 Å². The summed E-state index contributed by atoms with van der Waals surface area (Å²) in [6.45, 7) is 0.652. The molecule has 1 atom stereocenters. The van der Waals surface area contributed by atoms with E-state index in [1.165, 1.54) is 5.56 Å². The molecule has 0 aliphatic carbocycles. The Balaban J connectivity index is 1.54. The van der Waals surface area contributed by atoms with Crippen LogP contribution in [0.3, 0.4) is 0 Å². The number of nitrogens with one attached hydrogen (secondary N) is 1. The van der Waals surface area contributed by atoms with E-state index in [9.17, 15) is 9.59 Å². The number of anilines is 1. The second-order valence-corrected chi connectivity index (χ2v) is 8.11. The number of fused-ring (bicyclic) bond motifs is 1. The molecule has 0 radical (unpaired) electrons. The van der Waals surface area contributed by atoms with E-state index in [0.717, 1.165) is 24.1 Å². The van der Waals surface area contributed by atoms with Gasteiger partial charge in [0.15, 0.2) is 5.65 Å². The number of para-hydroxylation sites is 1. The number of methoxy groups -OCH3 is 1. The number of imide groups is 1. The molecule has 0 saturated carbocycles. The summed E-state index contributed by atoms with van der Waals surface area (Å²) < 4.78 is 6.86.